The van der Waals surface area contributed by atoms with Crippen molar-refractivity contribution in [1.82, 2.24) is 24.7 Å². The summed E-state index contributed by atoms with van der Waals surface area (Å²) < 4.78 is 19.6. The van der Waals surface area contributed by atoms with Crippen LogP contribution in [0.15, 0.2) is 30.5 Å². The Bertz CT molecular complexity index is 935. The van der Waals surface area contributed by atoms with Gasteiger partial charge in [-0.2, -0.15) is 5.10 Å². The maximum absolute atomic E-state index is 14.1. The number of nitrogens with zero attached hydrogens (tertiary/aromatic N) is 4. The molecule has 2 heterocycles. The summed E-state index contributed by atoms with van der Waals surface area (Å²) in [6.45, 7) is 1.76. The lowest BCUT2D eigenvalue weighted by Gasteiger charge is -2.24. The molecule has 0 fully saturated rings. The highest BCUT2D eigenvalue weighted by Crippen LogP contribution is 2.32. The summed E-state index contributed by atoms with van der Waals surface area (Å²) in [4.78, 5) is 13.0. The normalized spacial score (nSPS) is 16.5. The van der Waals surface area contributed by atoms with Gasteiger partial charge in [0.1, 0.15) is 16.4 Å². The second-order valence-electron chi connectivity index (χ2n) is 6.02. The summed E-state index contributed by atoms with van der Waals surface area (Å²) in [6, 6.07) is 6.43. The molecule has 1 aromatic carbocycles. The number of hydrogen-bond acceptors (Lipinski definition) is 5. The Morgan fingerprint density at radius 1 is 1.40 bits per heavy atom. The van der Waals surface area contributed by atoms with Gasteiger partial charge in [-0.1, -0.05) is 16.6 Å². The summed E-state index contributed by atoms with van der Waals surface area (Å²) in [6.07, 6.45) is 4.26. The van der Waals surface area contributed by atoms with E-state index in [1.807, 2.05) is 0 Å². The lowest BCUT2D eigenvalue weighted by molar-refractivity contribution is 0.0936. The monoisotopic (exact) mass is 357 g/mol. The third-order valence-electron chi connectivity index (χ3n) is 4.43. The number of amides is 1. The van der Waals surface area contributed by atoms with Gasteiger partial charge in [-0.15, -0.1) is 5.10 Å². The minimum Gasteiger partial charge on any atom is -0.344 e. The molecule has 0 spiro atoms. The van der Waals surface area contributed by atoms with E-state index < -0.39 is 0 Å². The minimum atomic E-state index is -0.314. The number of benzene rings is 1. The standard InChI is InChI=1S/C17H16FN5OS/c1-10-16(25-22-21-10)17(24)20-13-6-4-8-14-11(13)9-19-23(14)15-7-3-2-5-12(15)18/h2-3,5,7,9,13H,4,6,8H2,1H3,(H,20,24). The molecule has 1 aliphatic carbocycles. The lowest BCUT2D eigenvalue weighted by atomic mass is 9.92. The van der Waals surface area contributed by atoms with Crippen LogP contribution in [0, 0.1) is 12.7 Å². The van der Waals surface area contributed by atoms with Crippen LogP contribution in [-0.4, -0.2) is 25.3 Å². The van der Waals surface area contributed by atoms with Crippen LogP contribution in [0.3, 0.4) is 0 Å². The smallest absolute Gasteiger partial charge is 0.265 e. The van der Waals surface area contributed by atoms with E-state index in [4.69, 9.17) is 0 Å². The highest BCUT2D eigenvalue weighted by Gasteiger charge is 2.27. The van der Waals surface area contributed by atoms with Gasteiger partial charge in [0.25, 0.3) is 5.91 Å². The summed E-state index contributed by atoms with van der Waals surface area (Å²) in [5, 5.41) is 11.3. The van der Waals surface area contributed by atoms with Crippen molar-refractivity contribution in [2.45, 2.75) is 32.2 Å². The molecule has 3 aromatic rings. The van der Waals surface area contributed by atoms with Crippen LogP contribution < -0.4 is 5.32 Å². The Hall–Kier alpha value is -2.61. The number of nitrogens with one attached hydrogen (secondary N) is 1. The molecule has 0 bridgehead atoms. The van der Waals surface area contributed by atoms with E-state index in [1.54, 1.807) is 36.0 Å². The van der Waals surface area contributed by atoms with Gasteiger partial charge in [-0.3, -0.25) is 4.79 Å². The summed E-state index contributed by atoms with van der Waals surface area (Å²) in [5.74, 6) is -0.491. The molecule has 8 heteroatoms. The van der Waals surface area contributed by atoms with Crippen LogP contribution in [0.4, 0.5) is 4.39 Å². The number of hydrogen-bond donors (Lipinski definition) is 1. The molecule has 0 saturated heterocycles. The van der Waals surface area contributed by atoms with Crippen LogP contribution in [0.1, 0.15) is 45.5 Å². The number of halogens is 1. The molecule has 2 aromatic heterocycles. The van der Waals surface area contributed by atoms with Crippen LogP contribution in [-0.2, 0) is 6.42 Å². The minimum absolute atomic E-state index is 0.140. The van der Waals surface area contributed by atoms with Gasteiger partial charge in [0.05, 0.1) is 17.9 Å². The molecule has 4 rings (SSSR count). The van der Waals surface area contributed by atoms with Crippen molar-refractivity contribution < 1.29 is 9.18 Å². The molecule has 1 N–H and O–H groups in total. The van der Waals surface area contributed by atoms with E-state index in [0.29, 0.717) is 16.3 Å². The van der Waals surface area contributed by atoms with Gasteiger partial charge < -0.3 is 5.32 Å². The molecule has 25 heavy (non-hydrogen) atoms. The fourth-order valence-electron chi connectivity index (χ4n) is 3.20. The average molecular weight is 357 g/mol. The van der Waals surface area contributed by atoms with Crippen molar-refractivity contribution in [3.63, 3.8) is 0 Å². The number of rotatable bonds is 3. The molecule has 1 aliphatic rings. The Labute approximate surface area is 147 Å². The second kappa shape index (κ2) is 6.36. The van der Waals surface area contributed by atoms with Crippen molar-refractivity contribution in [3.05, 3.63) is 58.1 Å². The number of aromatic nitrogens is 4. The van der Waals surface area contributed by atoms with E-state index in [9.17, 15) is 9.18 Å². The molecule has 0 aliphatic heterocycles. The Morgan fingerprint density at radius 2 is 2.24 bits per heavy atom. The third-order valence-corrected chi connectivity index (χ3v) is 5.25. The maximum Gasteiger partial charge on any atom is 0.265 e. The number of aryl methyl sites for hydroxylation is 1. The number of fused-ring (bicyclic) bond motifs is 1. The molecule has 6 nitrogen and oxygen atoms in total. The molecule has 128 valence electrons. The van der Waals surface area contributed by atoms with Crippen molar-refractivity contribution in [1.29, 1.82) is 0 Å². The zero-order valence-corrected chi connectivity index (χ0v) is 14.4. The Kier molecular flexibility index (Phi) is 4.04. The number of para-hydroxylation sites is 1. The molecular formula is C17H16FN5OS. The highest BCUT2D eigenvalue weighted by atomic mass is 32.1. The van der Waals surface area contributed by atoms with E-state index in [0.717, 1.165) is 42.1 Å². The lowest BCUT2D eigenvalue weighted by Crippen LogP contribution is -2.30. The van der Waals surface area contributed by atoms with E-state index in [2.05, 4.69) is 20.0 Å². The molecule has 1 unspecified atom stereocenters. The molecular weight excluding hydrogens is 341 g/mol. The molecule has 1 atom stereocenters. The molecule has 0 radical (unpaired) electrons. The third kappa shape index (κ3) is 2.82. The Balaban J connectivity index is 1.64. The van der Waals surface area contributed by atoms with Gasteiger partial charge in [-0.05, 0) is 49.9 Å². The zero-order chi connectivity index (χ0) is 17.4. The van der Waals surface area contributed by atoms with E-state index in [-0.39, 0.29) is 17.8 Å². The summed E-state index contributed by atoms with van der Waals surface area (Å²) in [7, 11) is 0. The number of carbonyl (C=O) groups is 1. The SMILES string of the molecule is Cc1nnsc1C(=O)NC1CCCc2c1cnn2-c1ccccc1F. The van der Waals surface area contributed by atoms with Gasteiger partial charge in [0, 0.05) is 11.3 Å². The fraction of sp³-hybridized carbons (Fsp3) is 0.294. The van der Waals surface area contributed by atoms with Gasteiger partial charge in [-0.25, -0.2) is 9.07 Å². The molecule has 1 amide bonds. The predicted molar refractivity (Wildman–Crippen MR) is 91.3 cm³/mol. The first kappa shape index (κ1) is 15.9. The number of carbonyl (C=O) groups excluding carboxylic acids is 1. The Morgan fingerprint density at radius 3 is 3.00 bits per heavy atom. The zero-order valence-electron chi connectivity index (χ0n) is 13.6. The van der Waals surface area contributed by atoms with E-state index in [1.165, 1.54) is 6.07 Å². The summed E-state index contributed by atoms with van der Waals surface area (Å²) in [5.41, 5.74) is 2.94. The maximum atomic E-state index is 14.1. The topological polar surface area (TPSA) is 72.7 Å². The van der Waals surface area contributed by atoms with E-state index >= 15 is 0 Å². The van der Waals surface area contributed by atoms with Crippen LogP contribution in [0.2, 0.25) is 0 Å². The largest absolute Gasteiger partial charge is 0.344 e. The predicted octanol–water partition coefficient (Wildman–Crippen LogP) is 2.98. The van der Waals surface area contributed by atoms with Crippen molar-refractivity contribution in [2.75, 3.05) is 0 Å². The van der Waals surface area contributed by atoms with Gasteiger partial charge >= 0.3 is 0 Å². The quantitative estimate of drug-likeness (QED) is 0.782. The fourth-order valence-corrected chi connectivity index (χ4v) is 3.76. The average Bonchev–Trinajstić information content (AvgIpc) is 3.22. The molecule has 0 saturated carbocycles. The van der Waals surface area contributed by atoms with Gasteiger partial charge in [0.15, 0.2) is 0 Å². The van der Waals surface area contributed by atoms with Crippen LogP contribution in [0.25, 0.3) is 5.69 Å². The first-order chi connectivity index (χ1) is 12.1. The van der Waals surface area contributed by atoms with Crippen LogP contribution >= 0.6 is 11.5 Å². The second-order valence-corrected chi connectivity index (χ2v) is 6.77. The highest BCUT2D eigenvalue weighted by molar-refractivity contribution is 7.08. The first-order valence-electron chi connectivity index (χ1n) is 8.06. The summed E-state index contributed by atoms with van der Waals surface area (Å²) >= 11 is 1.09. The van der Waals surface area contributed by atoms with Crippen molar-refractivity contribution >= 4 is 17.4 Å². The van der Waals surface area contributed by atoms with Gasteiger partial charge in [0.2, 0.25) is 0 Å². The first-order valence-corrected chi connectivity index (χ1v) is 8.84. The van der Waals surface area contributed by atoms with Crippen molar-refractivity contribution in [3.8, 4) is 5.69 Å². The van der Waals surface area contributed by atoms with Crippen LogP contribution in [0.5, 0.6) is 0 Å². The van der Waals surface area contributed by atoms with Crippen molar-refractivity contribution in [2.24, 2.45) is 0 Å².